The quantitative estimate of drug-likeness (QED) is 0.873. The summed E-state index contributed by atoms with van der Waals surface area (Å²) in [4.78, 5) is 14.6. The van der Waals surface area contributed by atoms with E-state index in [0.29, 0.717) is 11.4 Å². The summed E-state index contributed by atoms with van der Waals surface area (Å²) < 4.78 is 6.39. The first kappa shape index (κ1) is 12.3. The van der Waals surface area contributed by atoms with Gasteiger partial charge in [-0.3, -0.25) is 9.48 Å². The van der Waals surface area contributed by atoms with E-state index >= 15 is 0 Å². The highest BCUT2D eigenvalue weighted by atomic mass is 79.9. The largest absolute Gasteiger partial charge is 0.305 e. The molecule has 0 N–H and O–H groups in total. The predicted molar refractivity (Wildman–Crippen MR) is 70.4 cm³/mol. The van der Waals surface area contributed by atoms with Crippen LogP contribution in [0.1, 0.15) is 16.6 Å². The number of rotatable bonds is 3. The molecule has 0 aromatic carbocycles. The first-order chi connectivity index (χ1) is 8.13. The van der Waals surface area contributed by atoms with Crippen LogP contribution in [-0.2, 0) is 7.05 Å². The van der Waals surface area contributed by atoms with Crippen molar-refractivity contribution in [1.82, 2.24) is 14.2 Å². The fourth-order valence-electron chi connectivity index (χ4n) is 1.48. The molecule has 0 saturated carbocycles. The average Bonchev–Trinajstić information content (AvgIpc) is 2.88. The van der Waals surface area contributed by atoms with E-state index in [0.717, 1.165) is 10.2 Å². The molecule has 0 spiro atoms. The standard InChI is InChI=1S/C10H11BrN4OS/c1-3-15(7-4-12-14(2)6-7)10(16)9-8(11)5-13-17-9/h4-6H,3H2,1-2H3. The molecule has 2 aromatic heterocycles. The number of anilines is 1. The summed E-state index contributed by atoms with van der Waals surface area (Å²) in [5.74, 6) is -0.0603. The maximum atomic E-state index is 12.3. The minimum atomic E-state index is -0.0603. The van der Waals surface area contributed by atoms with E-state index in [1.807, 2.05) is 20.2 Å². The van der Waals surface area contributed by atoms with Crippen molar-refractivity contribution in [3.05, 3.63) is 27.9 Å². The van der Waals surface area contributed by atoms with Gasteiger partial charge in [0.2, 0.25) is 0 Å². The molecule has 90 valence electrons. The summed E-state index contributed by atoms with van der Waals surface area (Å²) in [6.07, 6.45) is 5.13. The lowest BCUT2D eigenvalue weighted by molar-refractivity contribution is 0.0991. The van der Waals surface area contributed by atoms with Crippen molar-refractivity contribution in [2.75, 3.05) is 11.4 Å². The Morgan fingerprint density at radius 1 is 1.59 bits per heavy atom. The molecule has 7 heteroatoms. The van der Waals surface area contributed by atoms with Gasteiger partial charge in [-0.05, 0) is 34.4 Å². The van der Waals surface area contributed by atoms with Crippen molar-refractivity contribution >= 4 is 39.1 Å². The normalized spacial score (nSPS) is 10.5. The van der Waals surface area contributed by atoms with Crippen LogP contribution in [0.3, 0.4) is 0 Å². The predicted octanol–water partition coefficient (Wildman–Crippen LogP) is 2.31. The molecule has 0 aliphatic carbocycles. The number of aromatic nitrogens is 3. The molecule has 0 bridgehead atoms. The molecule has 0 aliphatic rings. The van der Waals surface area contributed by atoms with Crippen LogP contribution < -0.4 is 4.90 Å². The van der Waals surface area contributed by atoms with Crippen LogP contribution in [0.25, 0.3) is 0 Å². The topological polar surface area (TPSA) is 51.0 Å². The summed E-state index contributed by atoms with van der Waals surface area (Å²) in [6.45, 7) is 2.52. The number of hydrogen-bond acceptors (Lipinski definition) is 4. The Balaban J connectivity index is 2.31. The van der Waals surface area contributed by atoms with E-state index < -0.39 is 0 Å². The maximum Gasteiger partial charge on any atom is 0.271 e. The lowest BCUT2D eigenvalue weighted by atomic mass is 10.3. The number of carbonyl (C=O) groups is 1. The summed E-state index contributed by atoms with van der Waals surface area (Å²) >= 11 is 4.51. The Kier molecular flexibility index (Phi) is 3.58. The maximum absolute atomic E-state index is 12.3. The molecule has 0 fully saturated rings. The zero-order valence-corrected chi connectivity index (χ0v) is 11.8. The van der Waals surface area contributed by atoms with Crippen molar-refractivity contribution < 1.29 is 4.79 Å². The van der Waals surface area contributed by atoms with Gasteiger partial charge >= 0.3 is 0 Å². The van der Waals surface area contributed by atoms with Crippen LogP contribution in [0.2, 0.25) is 0 Å². The van der Waals surface area contributed by atoms with E-state index in [-0.39, 0.29) is 5.91 Å². The summed E-state index contributed by atoms with van der Waals surface area (Å²) in [7, 11) is 1.82. The molecule has 17 heavy (non-hydrogen) atoms. The van der Waals surface area contributed by atoms with Crippen molar-refractivity contribution in [2.24, 2.45) is 7.05 Å². The molecule has 5 nitrogen and oxygen atoms in total. The monoisotopic (exact) mass is 314 g/mol. The molecule has 0 atom stereocenters. The van der Waals surface area contributed by atoms with Crippen molar-refractivity contribution in [3.63, 3.8) is 0 Å². The number of nitrogens with zero attached hydrogens (tertiary/aromatic N) is 4. The van der Waals surface area contributed by atoms with E-state index in [9.17, 15) is 4.79 Å². The average molecular weight is 315 g/mol. The van der Waals surface area contributed by atoms with E-state index in [2.05, 4.69) is 25.4 Å². The van der Waals surface area contributed by atoms with Gasteiger partial charge in [0.25, 0.3) is 5.91 Å². The number of hydrogen-bond donors (Lipinski definition) is 0. The highest BCUT2D eigenvalue weighted by molar-refractivity contribution is 9.10. The van der Waals surface area contributed by atoms with E-state index in [1.54, 1.807) is 22.0 Å². The highest BCUT2D eigenvalue weighted by Crippen LogP contribution is 2.24. The van der Waals surface area contributed by atoms with Gasteiger partial charge < -0.3 is 4.90 Å². The highest BCUT2D eigenvalue weighted by Gasteiger charge is 2.21. The van der Waals surface area contributed by atoms with Crippen molar-refractivity contribution in [3.8, 4) is 0 Å². The second-order valence-corrected chi connectivity index (χ2v) is 5.08. The number of halogens is 1. The third-order valence-corrected chi connectivity index (χ3v) is 3.94. The van der Waals surface area contributed by atoms with Crippen LogP contribution in [0, 0.1) is 0 Å². The van der Waals surface area contributed by atoms with Gasteiger partial charge in [-0.15, -0.1) is 0 Å². The van der Waals surface area contributed by atoms with Crippen molar-refractivity contribution in [2.45, 2.75) is 6.92 Å². The van der Waals surface area contributed by atoms with Gasteiger partial charge in [-0.25, -0.2) is 0 Å². The molecule has 2 aromatic rings. The smallest absolute Gasteiger partial charge is 0.271 e. The van der Waals surface area contributed by atoms with Crippen LogP contribution >= 0.6 is 27.5 Å². The first-order valence-corrected chi connectivity index (χ1v) is 6.60. The second kappa shape index (κ2) is 4.97. The molecule has 2 heterocycles. The molecule has 2 rings (SSSR count). The summed E-state index contributed by atoms with van der Waals surface area (Å²) in [6, 6.07) is 0. The van der Waals surface area contributed by atoms with Crippen LogP contribution in [0.5, 0.6) is 0 Å². The molecular weight excluding hydrogens is 304 g/mol. The molecule has 1 amide bonds. The fourth-order valence-corrected chi connectivity index (χ4v) is 2.70. The Morgan fingerprint density at radius 3 is 2.82 bits per heavy atom. The molecule has 0 saturated heterocycles. The summed E-state index contributed by atoms with van der Waals surface area (Å²) in [5.41, 5.74) is 0.792. The zero-order chi connectivity index (χ0) is 12.4. The van der Waals surface area contributed by atoms with Gasteiger partial charge in [0, 0.05) is 19.8 Å². The minimum absolute atomic E-state index is 0.0603. The Morgan fingerprint density at radius 2 is 2.35 bits per heavy atom. The minimum Gasteiger partial charge on any atom is -0.305 e. The van der Waals surface area contributed by atoms with Gasteiger partial charge in [-0.1, -0.05) is 0 Å². The summed E-state index contributed by atoms with van der Waals surface area (Å²) in [5, 5.41) is 4.07. The van der Waals surface area contributed by atoms with Crippen molar-refractivity contribution in [1.29, 1.82) is 0 Å². The zero-order valence-electron chi connectivity index (χ0n) is 9.42. The van der Waals surface area contributed by atoms with Crippen LogP contribution in [0.4, 0.5) is 5.69 Å². The molecule has 0 unspecified atom stereocenters. The molecule has 0 radical (unpaired) electrons. The first-order valence-electron chi connectivity index (χ1n) is 5.04. The Labute approximate surface area is 111 Å². The number of amides is 1. The third-order valence-electron chi connectivity index (χ3n) is 2.29. The Bertz CT molecular complexity index is 536. The number of carbonyl (C=O) groups excluding carboxylic acids is 1. The van der Waals surface area contributed by atoms with Crippen LogP contribution in [0.15, 0.2) is 23.1 Å². The third kappa shape index (κ3) is 2.39. The SMILES string of the molecule is CCN(C(=O)c1sncc1Br)c1cnn(C)c1. The second-order valence-electron chi connectivity index (χ2n) is 3.42. The van der Waals surface area contributed by atoms with E-state index in [1.165, 1.54) is 11.5 Å². The van der Waals surface area contributed by atoms with Gasteiger partial charge in [0.1, 0.15) is 4.88 Å². The lowest BCUT2D eigenvalue weighted by Crippen LogP contribution is -2.29. The molecular formula is C10H11BrN4OS. The fraction of sp³-hybridized carbons (Fsp3) is 0.300. The van der Waals surface area contributed by atoms with E-state index in [4.69, 9.17) is 0 Å². The van der Waals surface area contributed by atoms with Crippen LogP contribution in [-0.4, -0.2) is 26.6 Å². The number of aryl methyl sites for hydroxylation is 1. The molecule has 0 aliphatic heterocycles. The van der Waals surface area contributed by atoms with Gasteiger partial charge in [0.15, 0.2) is 0 Å². The lowest BCUT2D eigenvalue weighted by Gasteiger charge is -2.17. The Hall–Kier alpha value is -1.21. The van der Waals surface area contributed by atoms with Gasteiger partial charge in [-0.2, -0.15) is 9.47 Å². The van der Waals surface area contributed by atoms with Gasteiger partial charge in [0.05, 0.1) is 22.6 Å².